The number of carbonyl (C=O) groups excluding carboxylic acids is 3. The molecule has 5 amide bonds. The predicted octanol–water partition coefficient (Wildman–Crippen LogP) is 3.34. The molecule has 9 heteroatoms. The van der Waals surface area contributed by atoms with Crippen LogP contribution in [0.3, 0.4) is 0 Å². The van der Waals surface area contributed by atoms with Gasteiger partial charge in [-0.15, -0.1) is 0 Å². The fourth-order valence-electron chi connectivity index (χ4n) is 3.45. The SMILES string of the molecule is COCCNC(=O)C1CCCN(C(=O)Nc2ccc(NC(=O)Nc3ccccc3)cc2)C1. The Morgan fingerprint density at radius 3 is 2.22 bits per heavy atom. The molecule has 4 N–H and O–H groups in total. The van der Waals surface area contributed by atoms with E-state index >= 15 is 0 Å². The van der Waals surface area contributed by atoms with Gasteiger partial charge >= 0.3 is 12.1 Å². The zero-order valence-electron chi connectivity index (χ0n) is 18.1. The second kappa shape index (κ2) is 11.7. The molecule has 1 aliphatic rings. The van der Waals surface area contributed by atoms with E-state index in [1.807, 2.05) is 18.2 Å². The molecule has 2 aromatic carbocycles. The maximum atomic E-state index is 12.6. The summed E-state index contributed by atoms with van der Waals surface area (Å²) in [5.41, 5.74) is 1.90. The Labute approximate surface area is 187 Å². The number of urea groups is 2. The van der Waals surface area contributed by atoms with Crippen LogP contribution in [-0.2, 0) is 9.53 Å². The zero-order valence-corrected chi connectivity index (χ0v) is 18.1. The monoisotopic (exact) mass is 439 g/mol. The number of amides is 5. The molecule has 1 fully saturated rings. The average Bonchev–Trinajstić information content (AvgIpc) is 2.81. The molecule has 1 aliphatic heterocycles. The maximum absolute atomic E-state index is 12.6. The smallest absolute Gasteiger partial charge is 0.323 e. The van der Waals surface area contributed by atoms with Gasteiger partial charge in [0, 0.05) is 43.8 Å². The van der Waals surface area contributed by atoms with Crippen molar-refractivity contribution in [2.45, 2.75) is 12.8 Å². The van der Waals surface area contributed by atoms with Gasteiger partial charge < -0.3 is 30.9 Å². The molecule has 1 saturated heterocycles. The van der Waals surface area contributed by atoms with Gasteiger partial charge in [0.25, 0.3) is 0 Å². The second-order valence-corrected chi connectivity index (χ2v) is 7.52. The van der Waals surface area contributed by atoms with Gasteiger partial charge in [-0.25, -0.2) is 9.59 Å². The first-order valence-corrected chi connectivity index (χ1v) is 10.6. The third kappa shape index (κ3) is 6.98. The highest BCUT2D eigenvalue weighted by Crippen LogP contribution is 2.19. The number of para-hydroxylation sites is 1. The van der Waals surface area contributed by atoms with Crippen LogP contribution in [-0.4, -0.2) is 56.2 Å². The molecule has 0 saturated carbocycles. The molecule has 1 heterocycles. The molecule has 0 aliphatic carbocycles. The highest BCUT2D eigenvalue weighted by molar-refractivity contribution is 6.00. The van der Waals surface area contributed by atoms with E-state index in [-0.39, 0.29) is 23.9 Å². The van der Waals surface area contributed by atoms with Gasteiger partial charge in [-0.3, -0.25) is 4.79 Å². The van der Waals surface area contributed by atoms with E-state index in [1.54, 1.807) is 48.4 Å². The summed E-state index contributed by atoms with van der Waals surface area (Å²) >= 11 is 0. The van der Waals surface area contributed by atoms with Crippen LogP contribution in [0.4, 0.5) is 26.7 Å². The maximum Gasteiger partial charge on any atom is 0.323 e. The van der Waals surface area contributed by atoms with Gasteiger partial charge in [0.1, 0.15) is 0 Å². The summed E-state index contributed by atoms with van der Waals surface area (Å²) in [6, 6.07) is 15.4. The Morgan fingerprint density at radius 1 is 0.938 bits per heavy atom. The van der Waals surface area contributed by atoms with Crippen molar-refractivity contribution in [3.63, 3.8) is 0 Å². The van der Waals surface area contributed by atoms with E-state index in [2.05, 4.69) is 21.3 Å². The van der Waals surface area contributed by atoms with Crippen LogP contribution in [0.15, 0.2) is 54.6 Å². The van der Waals surface area contributed by atoms with E-state index in [4.69, 9.17) is 4.74 Å². The number of hydrogen-bond donors (Lipinski definition) is 4. The summed E-state index contributed by atoms with van der Waals surface area (Å²) in [4.78, 5) is 38.7. The first kappa shape index (κ1) is 23.1. The first-order chi connectivity index (χ1) is 15.5. The average molecular weight is 440 g/mol. The number of likely N-dealkylation sites (tertiary alicyclic amines) is 1. The molecule has 1 unspecified atom stereocenters. The molecular weight excluding hydrogens is 410 g/mol. The number of anilines is 3. The van der Waals surface area contributed by atoms with Gasteiger partial charge in [-0.05, 0) is 49.2 Å². The number of nitrogens with one attached hydrogen (secondary N) is 4. The van der Waals surface area contributed by atoms with Crippen molar-refractivity contribution in [2.75, 3.05) is 49.3 Å². The lowest BCUT2D eigenvalue weighted by atomic mass is 9.97. The largest absolute Gasteiger partial charge is 0.383 e. The molecule has 0 spiro atoms. The van der Waals surface area contributed by atoms with Gasteiger partial charge in [-0.2, -0.15) is 0 Å². The third-order valence-corrected chi connectivity index (χ3v) is 5.11. The lowest BCUT2D eigenvalue weighted by Gasteiger charge is -2.32. The Hall–Kier alpha value is -3.59. The van der Waals surface area contributed by atoms with E-state index in [0.717, 1.165) is 12.8 Å². The Kier molecular flexibility index (Phi) is 8.44. The van der Waals surface area contributed by atoms with E-state index in [9.17, 15) is 14.4 Å². The molecule has 0 radical (unpaired) electrons. The third-order valence-electron chi connectivity index (χ3n) is 5.11. The number of rotatable bonds is 7. The summed E-state index contributed by atoms with van der Waals surface area (Å²) in [5.74, 6) is -0.273. The van der Waals surface area contributed by atoms with Crippen LogP contribution < -0.4 is 21.3 Å². The fraction of sp³-hybridized carbons (Fsp3) is 0.348. The number of piperidine rings is 1. The van der Waals surface area contributed by atoms with Crippen LogP contribution in [0.25, 0.3) is 0 Å². The predicted molar refractivity (Wildman–Crippen MR) is 124 cm³/mol. The van der Waals surface area contributed by atoms with Crippen molar-refractivity contribution in [2.24, 2.45) is 5.92 Å². The molecule has 9 nitrogen and oxygen atoms in total. The molecule has 32 heavy (non-hydrogen) atoms. The van der Waals surface area contributed by atoms with E-state index in [0.29, 0.717) is 43.3 Å². The van der Waals surface area contributed by atoms with Crippen molar-refractivity contribution in [1.29, 1.82) is 0 Å². The van der Waals surface area contributed by atoms with Gasteiger partial charge in [0.05, 0.1) is 12.5 Å². The Bertz CT molecular complexity index is 904. The van der Waals surface area contributed by atoms with Crippen LogP contribution in [0.2, 0.25) is 0 Å². The van der Waals surface area contributed by atoms with Crippen LogP contribution >= 0.6 is 0 Å². The molecule has 2 aromatic rings. The van der Waals surface area contributed by atoms with E-state index < -0.39 is 0 Å². The quantitative estimate of drug-likeness (QED) is 0.496. The van der Waals surface area contributed by atoms with Crippen molar-refractivity contribution in [3.8, 4) is 0 Å². The van der Waals surface area contributed by atoms with Gasteiger partial charge in [-0.1, -0.05) is 18.2 Å². The minimum absolute atomic E-state index is 0.0521. The molecule has 170 valence electrons. The highest BCUT2D eigenvalue weighted by atomic mass is 16.5. The number of carbonyl (C=O) groups is 3. The first-order valence-electron chi connectivity index (χ1n) is 10.6. The van der Waals surface area contributed by atoms with Crippen LogP contribution in [0.5, 0.6) is 0 Å². The standard InChI is InChI=1S/C23H29N5O4/c1-32-15-13-24-21(29)17-6-5-14-28(16-17)23(31)27-20-11-9-19(10-12-20)26-22(30)25-18-7-3-2-4-8-18/h2-4,7-12,17H,5-6,13-16H2,1H3,(H,24,29)(H,27,31)(H2,25,26,30). The van der Waals surface area contributed by atoms with Crippen LogP contribution in [0, 0.1) is 5.92 Å². The Morgan fingerprint density at radius 2 is 1.56 bits per heavy atom. The number of hydrogen-bond acceptors (Lipinski definition) is 4. The summed E-state index contributed by atoms with van der Waals surface area (Å²) in [6.07, 6.45) is 1.53. The fourth-order valence-corrected chi connectivity index (χ4v) is 3.45. The van der Waals surface area contributed by atoms with Crippen molar-refractivity contribution < 1.29 is 19.1 Å². The number of benzene rings is 2. The second-order valence-electron chi connectivity index (χ2n) is 7.52. The molecule has 0 aromatic heterocycles. The lowest BCUT2D eigenvalue weighted by Crippen LogP contribution is -2.47. The minimum Gasteiger partial charge on any atom is -0.383 e. The summed E-state index contributed by atoms with van der Waals surface area (Å²) in [7, 11) is 1.58. The van der Waals surface area contributed by atoms with Crippen molar-refractivity contribution in [3.05, 3.63) is 54.6 Å². The number of ether oxygens (including phenoxy) is 1. The number of methoxy groups -OCH3 is 1. The molecule has 1 atom stereocenters. The Balaban J connectivity index is 1.47. The van der Waals surface area contributed by atoms with Crippen molar-refractivity contribution >= 4 is 35.0 Å². The topological polar surface area (TPSA) is 112 Å². The highest BCUT2D eigenvalue weighted by Gasteiger charge is 2.28. The molecular formula is C23H29N5O4. The lowest BCUT2D eigenvalue weighted by molar-refractivity contribution is -0.126. The molecule has 3 rings (SSSR count). The molecule has 0 bridgehead atoms. The normalized spacial score (nSPS) is 15.5. The van der Waals surface area contributed by atoms with Gasteiger partial charge in [0.2, 0.25) is 5.91 Å². The summed E-state index contributed by atoms with van der Waals surface area (Å²) < 4.78 is 4.95. The summed E-state index contributed by atoms with van der Waals surface area (Å²) in [5, 5.41) is 11.2. The van der Waals surface area contributed by atoms with E-state index in [1.165, 1.54) is 0 Å². The number of nitrogens with zero attached hydrogens (tertiary/aromatic N) is 1. The zero-order chi connectivity index (χ0) is 22.8. The summed E-state index contributed by atoms with van der Waals surface area (Å²) in [6.45, 7) is 1.90. The van der Waals surface area contributed by atoms with Crippen LogP contribution in [0.1, 0.15) is 12.8 Å². The minimum atomic E-state index is -0.351. The van der Waals surface area contributed by atoms with Crippen molar-refractivity contribution in [1.82, 2.24) is 10.2 Å². The van der Waals surface area contributed by atoms with Gasteiger partial charge in [0.15, 0.2) is 0 Å².